The Morgan fingerprint density at radius 3 is 2.27 bits per heavy atom. The summed E-state index contributed by atoms with van der Waals surface area (Å²) in [6.07, 6.45) is 2.47. The van der Waals surface area contributed by atoms with Crippen molar-refractivity contribution < 1.29 is 9.18 Å². The molecule has 0 radical (unpaired) electrons. The van der Waals surface area contributed by atoms with Gasteiger partial charge >= 0.3 is 5.69 Å². The van der Waals surface area contributed by atoms with E-state index in [2.05, 4.69) is 10.4 Å². The summed E-state index contributed by atoms with van der Waals surface area (Å²) in [4.78, 5) is 39.1. The molecule has 0 aliphatic heterocycles. The smallest absolute Gasteiger partial charge is 0.325 e. The number of hydrogen-bond donors (Lipinski definition) is 1. The highest BCUT2D eigenvalue weighted by atomic mass is 19.1. The zero-order chi connectivity index (χ0) is 23.5. The van der Waals surface area contributed by atoms with Gasteiger partial charge in [-0.1, -0.05) is 31.2 Å². The monoisotopic (exact) mass is 449 g/mol. The van der Waals surface area contributed by atoms with E-state index in [1.807, 2.05) is 26.0 Å². The van der Waals surface area contributed by atoms with E-state index in [-0.39, 0.29) is 18.6 Å². The Morgan fingerprint density at radius 2 is 1.64 bits per heavy atom. The predicted octanol–water partition coefficient (Wildman–Crippen LogP) is 2.77. The SMILES string of the molecule is CCc1ccc(NC(=O)Cn2c(=O)n(Cc3ccc(F)cc3)c(=O)c3nn(CC)cc32)cc1. The number of nitrogens with zero attached hydrogens (tertiary/aromatic N) is 4. The van der Waals surface area contributed by atoms with Gasteiger partial charge in [-0.25, -0.2) is 9.18 Å². The third kappa shape index (κ3) is 4.62. The molecule has 9 heteroatoms. The quantitative estimate of drug-likeness (QED) is 0.470. The average Bonchev–Trinajstić information content (AvgIpc) is 3.26. The number of amides is 1. The Labute approximate surface area is 188 Å². The number of fused-ring (bicyclic) bond motifs is 1. The van der Waals surface area contributed by atoms with E-state index in [9.17, 15) is 18.8 Å². The fourth-order valence-electron chi connectivity index (χ4n) is 3.62. The number of aromatic nitrogens is 4. The van der Waals surface area contributed by atoms with Gasteiger partial charge in [0.1, 0.15) is 12.4 Å². The highest BCUT2D eigenvalue weighted by Gasteiger charge is 2.19. The minimum absolute atomic E-state index is 0.0625. The van der Waals surface area contributed by atoms with E-state index in [0.29, 0.717) is 23.3 Å². The Bertz CT molecular complexity index is 1420. The van der Waals surface area contributed by atoms with Crippen molar-refractivity contribution in [2.45, 2.75) is 39.9 Å². The number of benzene rings is 2. The first-order valence-electron chi connectivity index (χ1n) is 10.7. The zero-order valence-electron chi connectivity index (χ0n) is 18.4. The van der Waals surface area contributed by atoms with Gasteiger partial charge in [-0.15, -0.1) is 0 Å². The molecule has 1 amide bonds. The normalized spacial score (nSPS) is 11.1. The highest BCUT2D eigenvalue weighted by molar-refractivity contribution is 5.91. The summed E-state index contributed by atoms with van der Waals surface area (Å²) in [6, 6.07) is 13.0. The standard InChI is InChI=1S/C24H24FN5O3/c1-3-16-7-11-19(12-8-16)26-21(31)15-29-20-14-28(4-2)27-22(20)23(32)30(24(29)33)13-17-5-9-18(25)10-6-17/h5-12,14H,3-4,13,15H2,1-2H3,(H,26,31). The van der Waals surface area contributed by atoms with Gasteiger partial charge in [0.05, 0.1) is 12.1 Å². The molecule has 0 unspecified atom stereocenters. The number of anilines is 1. The molecular formula is C24H24FN5O3. The molecule has 33 heavy (non-hydrogen) atoms. The van der Waals surface area contributed by atoms with E-state index in [0.717, 1.165) is 16.6 Å². The maximum Gasteiger partial charge on any atom is 0.332 e. The first kappa shape index (κ1) is 22.2. The number of nitrogens with one attached hydrogen (secondary N) is 1. The first-order valence-corrected chi connectivity index (χ1v) is 10.7. The van der Waals surface area contributed by atoms with Gasteiger partial charge in [-0.2, -0.15) is 5.10 Å². The lowest BCUT2D eigenvalue weighted by molar-refractivity contribution is -0.116. The maximum atomic E-state index is 13.3. The van der Waals surface area contributed by atoms with Crippen LogP contribution < -0.4 is 16.6 Å². The first-order chi connectivity index (χ1) is 15.9. The summed E-state index contributed by atoms with van der Waals surface area (Å²) in [5.74, 6) is -0.817. The Balaban J connectivity index is 1.73. The molecule has 4 aromatic rings. The molecule has 2 aromatic carbocycles. The minimum atomic E-state index is -0.635. The second-order valence-corrected chi connectivity index (χ2v) is 7.70. The zero-order valence-corrected chi connectivity index (χ0v) is 18.4. The molecule has 0 fully saturated rings. The van der Waals surface area contributed by atoms with Gasteiger partial charge < -0.3 is 5.32 Å². The second-order valence-electron chi connectivity index (χ2n) is 7.70. The van der Waals surface area contributed by atoms with Crippen molar-refractivity contribution in [1.29, 1.82) is 0 Å². The lowest BCUT2D eigenvalue weighted by Crippen LogP contribution is -2.41. The molecule has 0 aliphatic carbocycles. The molecular weight excluding hydrogens is 425 g/mol. The van der Waals surface area contributed by atoms with Gasteiger partial charge in [-0.05, 0) is 48.7 Å². The van der Waals surface area contributed by atoms with E-state index in [4.69, 9.17) is 0 Å². The molecule has 0 atom stereocenters. The highest BCUT2D eigenvalue weighted by Crippen LogP contribution is 2.12. The van der Waals surface area contributed by atoms with Crippen LogP contribution in [0.2, 0.25) is 0 Å². The van der Waals surface area contributed by atoms with Crippen LogP contribution in [0.4, 0.5) is 10.1 Å². The van der Waals surface area contributed by atoms with Crippen molar-refractivity contribution in [2.75, 3.05) is 5.32 Å². The van der Waals surface area contributed by atoms with Crippen LogP contribution in [-0.4, -0.2) is 24.8 Å². The number of rotatable bonds is 7. The summed E-state index contributed by atoms with van der Waals surface area (Å²) in [7, 11) is 0. The number of carbonyl (C=O) groups is 1. The largest absolute Gasteiger partial charge is 0.332 e. The molecule has 1 N–H and O–H groups in total. The fraction of sp³-hybridized carbons (Fsp3) is 0.250. The Morgan fingerprint density at radius 1 is 0.970 bits per heavy atom. The molecule has 0 aliphatic rings. The van der Waals surface area contributed by atoms with Crippen LogP contribution in [-0.2, 0) is 30.8 Å². The van der Waals surface area contributed by atoms with Crippen LogP contribution in [0.5, 0.6) is 0 Å². The third-order valence-electron chi connectivity index (χ3n) is 5.47. The minimum Gasteiger partial charge on any atom is -0.325 e. The van der Waals surface area contributed by atoms with E-state index < -0.39 is 23.0 Å². The number of hydrogen-bond acceptors (Lipinski definition) is 4. The Hall–Kier alpha value is -4.01. The van der Waals surface area contributed by atoms with Crippen molar-refractivity contribution >= 4 is 22.6 Å². The van der Waals surface area contributed by atoms with Crippen molar-refractivity contribution in [3.05, 3.63) is 92.5 Å². The van der Waals surface area contributed by atoms with Crippen LogP contribution in [0, 0.1) is 5.82 Å². The molecule has 2 aromatic heterocycles. The summed E-state index contributed by atoms with van der Waals surface area (Å²) in [6.45, 7) is 4.05. The molecule has 8 nitrogen and oxygen atoms in total. The molecule has 0 spiro atoms. The van der Waals surface area contributed by atoms with Gasteiger partial charge in [0.15, 0.2) is 5.52 Å². The Kier molecular flexibility index (Phi) is 6.21. The van der Waals surface area contributed by atoms with Crippen LogP contribution in [0.15, 0.2) is 64.3 Å². The molecule has 0 saturated heterocycles. The number of halogens is 1. The lowest BCUT2D eigenvalue weighted by Gasteiger charge is -2.12. The van der Waals surface area contributed by atoms with E-state index in [1.54, 1.807) is 23.0 Å². The van der Waals surface area contributed by atoms with Crippen LogP contribution in [0.1, 0.15) is 25.0 Å². The van der Waals surface area contributed by atoms with Crippen LogP contribution in [0.25, 0.3) is 11.0 Å². The van der Waals surface area contributed by atoms with Crippen LogP contribution in [0.3, 0.4) is 0 Å². The fourth-order valence-corrected chi connectivity index (χ4v) is 3.62. The summed E-state index contributed by atoms with van der Waals surface area (Å²) >= 11 is 0. The van der Waals surface area contributed by atoms with Crippen molar-refractivity contribution in [2.24, 2.45) is 0 Å². The predicted molar refractivity (Wildman–Crippen MR) is 124 cm³/mol. The van der Waals surface area contributed by atoms with Crippen LogP contribution >= 0.6 is 0 Å². The van der Waals surface area contributed by atoms with Crippen molar-refractivity contribution in [3.63, 3.8) is 0 Å². The molecule has 170 valence electrons. The molecule has 0 saturated carbocycles. The molecule has 2 heterocycles. The lowest BCUT2D eigenvalue weighted by atomic mass is 10.1. The van der Waals surface area contributed by atoms with Gasteiger partial charge in [-0.3, -0.25) is 23.4 Å². The van der Waals surface area contributed by atoms with E-state index in [1.165, 1.54) is 28.8 Å². The summed E-state index contributed by atoms with van der Waals surface area (Å²) in [5, 5.41) is 7.08. The molecule has 4 rings (SSSR count). The molecule has 0 bridgehead atoms. The van der Waals surface area contributed by atoms with Gasteiger partial charge in [0, 0.05) is 18.4 Å². The topological polar surface area (TPSA) is 90.9 Å². The number of carbonyl (C=O) groups excluding carboxylic acids is 1. The summed E-state index contributed by atoms with van der Waals surface area (Å²) in [5.41, 5.74) is 1.53. The van der Waals surface area contributed by atoms with Crippen molar-refractivity contribution in [3.8, 4) is 0 Å². The third-order valence-corrected chi connectivity index (χ3v) is 5.47. The van der Waals surface area contributed by atoms with Crippen molar-refractivity contribution in [1.82, 2.24) is 18.9 Å². The summed E-state index contributed by atoms with van der Waals surface area (Å²) < 4.78 is 17.1. The average molecular weight is 449 g/mol. The second kappa shape index (κ2) is 9.23. The van der Waals surface area contributed by atoms with Gasteiger partial charge in [0.2, 0.25) is 5.91 Å². The van der Waals surface area contributed by atoms with E-state index >= 15 is 0 Å². The number of aryl methyl sites for hydroxylation is 2. The maximum absolute atomic E-state index is 13.3. The van der Waals surface area contributed by atoms with Gasteiger partial charge in [0.25, 0.3) is 5.56 Å².